The summed E-state index contributed by atoms with van der Waals surface area (Å²) in [6.07, 6.45) is 20.1. The molecule has 0 radical (unpaired) electrons. The van der Waals surface area contributed by atoms with Crippen LogP contribution in [0.5, 0.6) is 0 Å². The molecule has 0 N–H and O–H groups in total. The Morgan fingerprint density at radius 3 is 1.67 bits per heavy atom. The van der Waals surface area contributed by atoms with Crippen LogP contribution in [0.3, 0.4) is 0 Å². The van der Waals surface area contributed by atoms with Crippen molar-refractivity contribution in [2.45, 2.75) is 116 Å². The summed E-state index contributed by atoms with van der Waals surface area (Å²) in [4.78, 5) is 13.6. The third kappa shape index (κ3) is 24.6. The minimum absolute atomic E-state index is 0.0596. The van der Waals surface area contributed by atoms with E-state index < -0.39 is 0 Å². The van der Waals surface area contributed by atoms with Gasteiger partial charge in [-0.25, -0.2) is 0 Å². The van der Waals surface area contributed by atoms with Crippen LogP contribution in [-0.4, -0.2) is 38.1 Å². The molecule has 0 rings (SSSR count). The molecule has 0 aliphatic rings. The summed E-state index contributed by atoms with van der Waals surface area (Å²) in [5.74, 6) is 12.3. The lowest BCUT2D eigenvalue weighted by Crippen LogP contribution is -2.20. The van der Waals surface area contributed by atoms with Crippen LogP contribution in [0, 0.1) is 23.7 Å². The van der Waals surface area contributed by atoms with Gasteiger partial charge in [0.15, 0.2) is 0 Å². The molecule has 0 unspecified atom stereocenters. The Morgan fingerprint density at radius 2 is 1.17 bits per heavy atom. The van der Waals surface area contributed by atoms with Gasteiger partial charge in [-0.05, 0) is 45.2 Å². The van der Waals surface area contributed by atoms with Gasteiger partial charge in [0.05, 0.1) is 0 Å². The van der Waals surface area contributed by atoms with Crippen molar-refractivity contribution in [2.75, 3.05) is 27.2 Å². The van der Waals surface area contributed by atoms with Crippen LogP contribution in [0.25, 0.3) is 0 Å². The number of likely N-dealkylation sites (N-methyl/N-ethyl adjacent to an activating group) is 1. The van der Waals surface area contributed by atoms with Crippen LogP contribution in [0.1, 0.15) is 116 Å². The fourth-order valence-corrected chi connectivity index (χ4v) is 3.16. The van der Waals surface area contributed by atoms with Crippen LogP contribution < -0.4 is 0 Å². The molecule has 0 saturated heterocycles. The molecule has 0 aliphatic carbocycles. The number of rotatable bonds is 19. The molecule has 0 bridgehead atoms. The van der Waals surface area contributed by atoms with E-state index in [4.69, 9.17) is 4.74 Å². The van der Waals surface area contributed by atoms with Crippen LogP contribution in [0.4, 0.5) is 0 Å². The van der Waals surface area contributed by atoms with Crippen LogP contribution in [-0.2, 0) is 9.53 Å². The summed E-state index contributed by atoms with van der Waals surface area (Å²) < 4.78 is 5.19. The van der Waals surface area contributed by atoms with Crippen LogP contribution in [0.15, 0.2) is 0 Å². The molecule has 0 aromatic rings. The van der Waals surface area contributed by atoms with E-state index in [9.17, 15) is 4.79 Å². The largest absolute Gasteiger partial charge is 0.464 e. The predicted octanol–water partition coefficient (Wildman–Crippen LogP) is 6.75. The summed E-state index contributed by atoms with van der Waals surface area (Å²) in [6.45, 7) is 3.55. The molecule has 3 heteroatoms. The summed E-state index contributed by atoms with van der Waals surface area (Å²) in [5, 5.41) is 0. The van der Waals surface area contributed by atoms with Gasteiger partial charge in [0, 0.05) is 25.8 Å². The van der Waals surface area contributed by atoms with Crippen molar-refractivity contribution in [2.24, 2.45) is 0 Å². The number of esters is 1. The lowest BCUT2D eigenvalue weighted by Gasteiger charge is -2.09. The van der Waals surface area contributed by atoms with Crippen LogP contribution in [0.2, 0.25) is 0 Å². The molecule has 0 aromatic heterocycles. The van der Waals surface area contributed by atoms with Gasteiger partial charge < -0.3 is 9.64 Å². The van der Waals surface area contributed by atoms with Gasteiger partial charge in [0.1, 0.15) is 6.61 Å². The van der Waals surface area contributed by atoms with E-state index in [1.807, 2.05) is 19.0 Å². The predicted molar refractivity (Wildman–Crippen MR) is 129 cm³/mol. The van der Waals surface area contributed by atoms with Gasteiger partial charge in [-0.3, -0.25) is 4.79 Å². The SMILES string of the molecule is CCCCCCCCCCC#CC#CCCCCCCCCC(=O)OCCN(C)C. The van der Waals surface area contributed by atoms with Crippen LogP contribution >= 0.6 is 0 Å². The first-order valence-corrected chi connectivity index (χ1v) is 12.4. The van der Waals surface area contributed by atoms with E-state index in [0.717, 1.165) is 38.6 Å². The monoisotopic (exact) mass is 417 g/mol. The second-order valence-corrected chi connectivity index (χ2v) is 8.47. The highest BCUT2D eigenvalue weighted by Gasteiger charge is 2.02. The van der Waals surface area contributed by atoms with Crippen molar-refractivity contribution in [3.63, 3.8) is 0 Å². The fraction of sp³-hybridized carbons (Fsp3) is 0.815. The second kappa shape index (κ2) is 23.8. The van der Waals surface area contributed by atoms with Gasteiger partial charge >= 0.3 is 5.97 Å². The fourth-order valence-electron chi connectivity index (χ4n) is 3.16. The molecule has 3 nitrogen and oxygen atoms in total. The first kappa shape index (κ1) is 28.5. The Kier molecular flexibility index (Phi) is 22.7. The lowest BCUT2D eigenvalue weighted by molar-refractivity contribution is -0.144. The van der Waals surface area contributed by atoms with E-state index in [2.05, 4.69) is 30.6 Å². The Balaban J connectivity index is 3.32. The number of carbonyl (C=O) groups excluding carboxylic acids is 1. The van der Waals surface area contributed by atoms with E-state index in [1.54, 1.807) is 0 Å². The van der Waals surface area contributed by atoms with Gasteiger partial charge in [-0.1, -0.05) is 89.4 Å². The summed E-state index contributed by atoms with van der Waals surface area (Å²) in [5.41, 5.74) is 0. The normalized spacial score (nSPS) is 10.3. The molecule has 0 heterocycles. The first-order valence-electron chi connectivity index (χ1n) is 12.4. The zero-order chi connectivity index (χ0) is 22.1. The Bertz CT molecular complexity index is 504. The van der Waals surface area contributed by atoms with Gasteiger partial charge in [0.2, 0.25) is 0 Å². The maximum atomic E-state index is 11.5. The average Bonchev–Trinajstić information content (AvgIpc) is 2.72. The highest BCUT2D eigenvalue weighted by atomic mass is 16.5. The zero-order valence-electron chi connectivity index (χ0n) is 20.2. The molecule has 0 amide bonds. The van der Waals surface area contributed by atoms with Gasteiger partial charge in [0.25, 0.3) is 0 Å². The quantitative estimate of drug-likeness (QED) is 0.132. The van der Waals surface area contributed by atoms with E-state index >= 15 is 0 Å². The Labute approximate surface area is 187 Å². The number of ether oxygens (including phenoxy) is 1. The molecule has 30 heavy (non-hydrogen) atoms. The minimum Gasteiger partial charge on any atom is -0.464 e. The molecular weight excluding hydrogens is 370 g/mol. The maximum Gasteiger partial charge on any atom is 0.305 e. The highest BCUT2D eigenvalue weighted by molar-refractivity contribution is 5.69. The molecule has 0 aliphatic heterocycles. The topological polar surface area (TPSA) is 29.5 Å². The van der Waals surface area contributed by atoms with Crippen molar-refractivity contribution < 1.29 is 9.53 Å². The maximum absolute atomic E-state index is 11.5. The highest BCUT2D eigenvalue weighted by Crippen LogP contribution is 2.10. The standard InChI is InChI=1S/C27H47NO2/c1-4-5-6-7-8-9-10-11-12-13-14-15-16-17-18-19-20-21-22-23-24-27(29)30-26-25-28(2)3/h4-12,17-26H2,1-3H3. The van der Waals surface area contributed by atoms with E-state index in [0.29, 0.717) is 13.0 Å². The van der Waals surface area contributed by atoms with Crippen molar-refractivity contribution >= 4 is 5.97 Å². The lowest BCUT2D eigenvalue weighted by atomic mass is 10.1. The third-order valence-corrected chi connectivity index (χ3v) is 5.13. The molecule has 0 saturated carbocycles. The number of nitrogens with zero attached hydrogens (tertiary/aromatic N) is 1. The Morgan fingerprint density at radius 1 is 0.700 bits per heavy atom. The minimum atomic E-state index is -0.0596. The molecule has 0 spiro atoms. The summed E-state index contributed by atoms with van der Waals surface area (Å²) >= 11 is 0. The zero-order valence-corrected chi connectivity index (χ0v) is 20.2. The van der Waals surface area contributed by atoms with Crippen molar-refractivity contribution in [1.29, 1.82) is 0 Å². The number of hydrogen-bond acceptors (Lipinski definition) is 3. The summed E-state index contributed by atoms with van der Waals surface area (Å²) in [7, 11) is 3.96. The van der Waals surface area contributed by atoms with Gasteiger partial charge in [-0.2, -0.15) is 0 Å². The second-order valence-electron chi connectivity index (χ2n) is 8.47. The third-order valence-electron chi connectivity index (χ3n) is 5.13. The van der Waals surface area contributed by atoms with Crippen molar-refractivity contribution in [3.8, 4) is 23.7 Å². The average molecular weight is 418 g/mol. The molecule has 0 aromatic carbocycles. The summed E-state index contributed by atoms with van der Waals surface area (Å²) in [6, 6.07) is 0. The van der Waals surface area contributed by atoms with E-state index in [-0.39, 0.29) is 5.97 Å². The smallest absolute Gasteiger partial charge is 0.305 e. The van der Waals surface area contributed by atoms with Crippen molar-refractivity contribution in [3.05, 3.63) is 0 Å². The van der Waals surface area contributed by atoms with E-state index in [1.165, 1.54) is 70.6 Å². The van der Waals surface area contributed by atoms with Crippen molar-refractivity contribution in [1.82, 2.24) is 4.90 Å². The van der Waals surface area contributed by atoms with Gasteiger partial charge in [-0.15, -0.1) is 0 Å². The number of hydrogen-bond donors (Lipinski definition) is 0. The number of unbranched alkanes of at least 4 members (excludes halogenated alkanes) is 14. The molecule has 0 fully saturated rings. The molecule has 0 atom stereocenters. The first-order chi connectivity index (χ1) is 14.7. The number of carbonyl (C=O) groups is 1. The molecule has 172 valence electrons. The molecular formula is C27H47NO2. The Hall–Kier alpha value is -1.45.